The van der Waals surface area contributed by atoms with Crippen molar-refractivity contribution in [3.05, 3.63) is 35.1 Å². The summed E-state index contributed by atoms with van der Waals surface area (Å²) in [6.07, 6.45) is 1.52. The van der Waals surface area contributed by atoms with Crippen molar-refractivity contribution >= 4 is 27.5 Å². The van der Waals surface area contributed by atoms with Crippen LogP contribution in [0.5, 0.6) is 0 Å². The number of halogens is 1. The van der Waals surface area contributed by atoms with Gasteiger partial charge in [0.25, 0.3) is 5.91 Å². The predicted octanol–water partition coefficient (Wildman–Crippen LogP) is 1.30. The molecule has 1 aromatic heterocycles. The average molecular weight is 256 g/mol. The van der Waals surface area contributed by atoms with Gasteiger partial charge < -0.3 is 11.1 Å². The van der Waals surface area contributed by atoms with Gasteiger partial charge in [-0.25, -0.2) is 4.98 Å². The van der Waals surface area contributed by atoms with Crippen molar-refractivity contribution in [1.82, 2.24) is 10.3 Å². The van der Waals surface area contributed by atoms with Gasteiger partial charge in [0.2, 0.25) is 0 Å². The number of nitrogen functional groups attached to an aromatic ring is 1. The predicted molar refractivity (Wildman–Crippen MR) is 59.0 cm³/mol. The lowest BCUT2D eigenvalue weighted by Gasteiger charge is -2.04. The monoisotopic (exact) mass is 255 g/mol. The normalized spacial score (nSPS) is 9.50. The van der Waals surface area contributed by atoms with Gasteiger partial charge in [0, 0.05) is 17.2 Å². The van der Waals surface area contributed by atoms with Crippen LogP contribution in [0, 0.1) is 0 Å². The number of aromatic nitrogens is 1. The van der Waals surface area contributed by atoms with E-state index in [1.54, 1.807) is 12.1 Å². The number of carbonyl (C=O) groups excluding carboxylic acids is 1. The Morgan fingerprint density at radius 2 is 2.43 bits per heavy atom. The molecule has 74 valence electrons. The molecule has 0 aromatic carbocycles. The third kappa shape index (κ3) is 2.85. The fraction of sp³-hybridized carbons (Fsp3) is 0.111. The van der Waals surface area contributed by atoms with Gasteiger partial charge in [-0.05, 0) is 12.1 Å². The maximum Gasteiger partial charge on any atom is 0.272 e. The smallest absolute Gasteiger partial charge is 0.272 e. The highest BCUT2D eigenvalue weighted by molar-refractivity contribution is 9.11. The van der Waals surface area contributed by atoms with E-state index in [-0.39, 0.29) is 11.6 Å². The van der Waals surface area contributed by atoms with E-state index in [1.165, 1.54) is 6.20 Å². The number of rotatable bonds is 3. The first-order valence-corrected chi connectivity index (χ1v) is 4.72. The standard InChI is InChI=1S/C9H10BrN3O/c1-6(10)5-13-9(14)8-7(11)3-2-4-12-8/h2-4H,1,5,11H2,(H,13,14). The van der Waals surface area contributed by atoms with Crippen molar-refractivity contribution in [2.75, 3.05) is 12.3 Å². The fourth-order valence-corrected chi connectivity index (χ4v) is 1.01. The Labute approximate surface area is 90.3 Å². The van der Waals surface area contributed by atoms with Gasteiger partial charge in [-0.15, -0.1) is 0 Å². The molecule has 1 heterocycles. The topological polar surface area (TPSA) is 68.0 Å². The molecule has 0 bridgehead atoms. The Bertz CT molecular complexity index is 365. The van der Waals surface area contributed by atoms with Crippen LogP contribution < -0.4 is 11.1 Å². The molecular formula is C9H10BrN3O. The molecule has 0 saturated heterocycles. The van der Waals surface area contributed by atoms with Crippen molar-refractivity contribution < 1.29 is 4.79 Å². The van der Waals surface area contributed by atoms with E-state index in [4.69, 9.17) is 5.73 Å². The molecule has 0 saturated carbocycles. The van der Waals surface area contributed by atoms with E-state index in [9.17, 15) is 4.79 Å². The van der Waals surface area contributed by atoms with Crippen molar-refractivity contribution in [3.8, 4) is 0 Å². The minimum Gasteiger partial charge on any atom is -0.397 e. The maximum atomic E-state index is 11.5. The van der Waals surface area contributed by atoms with Crippen molar-refractivity contribution in [2.45, 2.75) is 0 Å². The third-order valence-electron chi connectivity index (χ3n) is 1.49. The van der Waals surface area contributed by atoms with E-state index in [0.717, 1.165) is 0 Å². The van der Waals surface area contributed by atoms with Crippen LogP contribution in [0.2, 0.25) is 0 Å². The molecule has 1 amide bonds. The summed E-state index contributed by atoms with van der Waals surface area (Å²) in [6, 6.07) is 3.31. The molecule has 0 spiro atoms. The van der Waals surface area contributed by atoms with Gasteiger partial charge in [-0.3, -0.25) is 4.79 Å². The first kappa shape index (κ1) is 10.7. The number of nitrogens with one attached hydrogen (secondary N) is 1. The lowest BCUT2D eigenvalue weighted by Crippen LogP contribution is -2.26. The highest BCUT2D eigenvalue weighted by Gasteiger charge is 2.09. The van der Waals surface area contributed by atoms with E-state index < -0.39 is 0 Å². The summed E-state index contributed by atoms with van der Waals surface area (Å²) >= 11 is 3.13. The van der Waals surface area contributed by atoms with Crippen LogP contribution in [0.1, 0.15) is 10.5 Å². The van der Waals surface area contributed by atoms with E-state index in [0.29, 0.717) is 16.7 Å². The van der Waals surface area contributed by atoms with Gasteiger partial charge >= 0.3 is 0 Å². The Morgan fingerprint density at radius 3 is 3.00 bits per heavy atom. The number of anilines is 1. The van der Waals surface area contributed by atoms with Gasteiger partial charge in [-0.1, -0.05) is 22.5 Å². The summed E-state index contributed by atoms with van der Waals surface area (Å²) in [5.74, 6) is -0.302. The van der Waals surface area contributed by atoms with Crippen LogP contribution in [0.4, 0.5) is 5.69 Å². The molecule has 0 fully saturated rings. The quantitative estimate of drug-likeness (QED) is 0.856. The lowest BCUT2D eigenvalue weighted by atomic mass is 10.3. The molecule has 0 aliphatic heterocycles. The minimum atomic E-state index is -0.302. The van der Waals surface area contributed by atoms with E-state index in [1.807, 2.05) is 0 Å². The maximum absolute atomic E-state index is 11.5. The summed E-state index contributed by atoms with van der Waals surface area (Å²) in [5.41, 5.74) is 6.17. The van der Waals surface area contributed by atoms with Gasteiger partial charge in [0.1, 0.15) is 0 Å². The van der Waals surface area contributed by atoms with Crippen LogP contribution >= 0.6 is 15.9 Å². The first-order chi connectivity index (χ1) is 6.61. The molecule has 0 radical (unpaired) electrons. The average Bonchev–Trinajstić information content (AvgIpc) is 2.15. The molecular weight excluding hydrogens is 246 g/mol. The van der Waals surface area contributed by atoms with Crippen molar-refractivity contribution in [1.29, 1.82) is 0 Å². The molecule has 0 aliphatic rings. The molecule has 14 heavy (non-hydrogen) atoms. The summed E-state index contributed by atoms with van der Waals surface area (Å²) in [5, 5.41) is 2.61. The minimum absolute atomic E-state index is 0.237. The largest absolute Gasteiger partial charge is 0.397 e. The van der Waals surface area contributed by atoms with E-state index in [2.05, 4.69) is 32.8 Å². The van der Waals surface area contributed by atoms with Crippen LogP contribution in [-0.2, 0) is 0 Å². The summed E-state index contributed by atoms with van der Waals surface area (Å²) < 4.78 is 0.695. The van der Waals surface area contributed by atoms with Crippen molar-refractivity contribution in [3.63, 3.8) is 0 Å². The number of hydrogen-bond acceptors (Lipinski definition) is 3. The highest BCUT2D eigenvalue weighted by atomic mass is 79.9. The Hall–Kier alpha value is -1.36. The molecule has 0 aliphatic carbocycles. The third-order valence-corrected chi connectivity index (χ3v) is 1.78. The van der Waals surface area contributed by atoms with Gasteiger partial charge in [-0.2, -0.15) is 0 Å². The molecule has 0 atom stereocenters. The second-order valence-corrected chi connectivity index (χ2v) is 3.76. The van der Waals surface area contributed by atoms with Crippen LogP contribution in [0.3, 0.4) is 0 Å². The lowest BCUT2D eigenvalue weighted by molar-refractivity contribution is 0.0954. The fourth-order valence-electron chi connectivity index (χ4n) is 0.867. The van der Waals surface area contributed by atoms with Gasteiger partial charge in [0.05, 0.1) is 5.69 Å². The zero-order chi connectivity index (χ0) is 10.6. The first-order valence-electron chi connectivity index (χ1n) is 3.93. The Morgan fingerprint density at radius 1 is 1.71 bits per heavy atom. The molecule has 3 N–H and O–H groups in total. The number of pyridine rings is 1. The van der Waals surface area contributed by atoms with Crippen LogP contribution in [0.15, 0.2) is 29.4 Å². The Balaban J connectivity index is 2.70. The number of nitrogens with two attached hydrogens (primary N) is 1. The molecule has 0 unspecified atom stereocenters. The zero-order valence-electron chi connectivity index (χ0n) is 7.46. The highest BCUT2D eigenvalue weighted by Crippen LogP contribution is 2.06. The van der Waals surface area contributed by atoms with Crippen molar-refractivity contribution in [2.24, 2.45) is 0 Å². The number of hydrogen-bond donors (Lipinski definition) is 2. The molecule has 1 rings (SSSR count). The van der Waals surface area contributed by atoms with Gasteiger partial charge in [0.15, 0.2) is 5.69 Å². The molecule has 4 nitrogen and oxygen atoms in total. The number of nitrogens with zero attached hydrogens (tertiary/aromatic N) is 1. The SMILES string of the molecule is C=C(Br)CNC(=O)c1ncccc1N. The second-order valence-electron chi connectivity index (χ2n) is 2.64. The second kappa shape index (κ2) is 4.76. The Kier molecular flexibility index (Phi) is 3.64. The summed E-state index contributed by atoms with van der Waals surface area (Å²) in [6.45, 7) is 3.95. The van der Waals surface area contributed by atoms with Crippen LogP contribution in [-0.4, -0.2) is 17.4 Å². The summed E-state index contributed by atoms with van der Waals surface area (Å²) in [4.78, 5) is 15.3. The zero-order valence-corrected chi connectivity index (χ0v) is 9.04. The molecule has 5 heteroatoms. The summed E-state index contributed by atoms with van der Waals surface area (Å²) in [7, 11) is 0. The number of amides is 1. The van der Waals surface area contributed by atoms with Crippen LogP contribution in [0.25, 0.3) is 0 Å². The number of carbonyl (C=O) groups is 1. The molecule has 1 aromatic rings. The van der Waals surface area contributed by atoms with E-state index >= 15 is 0 Å².